The first-order valence-corrected chi connectivity index (χ1v) is 7.05. The first-order valence-electron chi connectivity index (χ1n) is 6.26. The fraction of sp³-hybridized carbons (Fsp3) is 0.200. The molecule has 102 valence electrons. The average Bonchev–Trinajstić information content (AvgIpc) is 2.49. The molecule has 0 atom stereocenters. The Kier molecular flexibility index (Phi) is 3.69. The van der Waals surface area contributed by atoms with Crippen molar-refractivity contribution in [3.63, 3.8) is 0 Å². The van der Waals surface area contributed by atoms with E-state index in [0.717, 1.165) is 10.2 Å². The van der Waals surface area contributed by atoms with Crippen molar-refractivity contribution >= 4 is 21.7 Å². The van der Waals surface area contributed by atoms with E-state index in [-0.39, 0.29) is 12.2 Å². The Labute approximate surface area is 124 Å². The molecule has 0 spiro atoms. The molecular formula is C15H12BrNO3. The molecule has 0 radical (unpaired) electrons. The maximum absolute atomic E-state index is 12.4. The lowest BCUT2D eigenvalue weighted by Crippen LogP contribution is -2.18. The second-order valence-corrected chi connectivity index (χ2v) is 5.31. The van der Waals surface area contributed by atoms with Crippen LogP contribution in [0.3, 0.4) is 0 Å². The van der Waals surface area contributed by atoms with Gasteiger partial charge in [0.1, 0.15) is 13.2 Å². The van der Waals surface area contributed by atoms with Crippen molar-refractivity contribution in [2.75, 3.05) is 13.2 Å². The third-order valence-electron chi connectivity index (χ3n) is 3.00. The van der Waals surface area contributed by atoms with Gasteiger partial charge in [0.2, 0.25) is 0 Å². The monoisotopic (exact) mass is 333 g/mol. The topological polar surface area (TPSA) is 48.4 Å². The van der Waals surface area contributed by atoms with E-state index in [0.29, 0.717) is 30.3 Å². The third-order valence-corrected chi connectivity index (χ3v) is 3.47. The van der Waals surface area contributed by atoms with Gasteiger partial charge in [0, 0.05) is 16.4 Å². The molecule has 2 aromatic rings. The summed E-state index contributed by atoms with van der Waals surface area (Å²) < 4.78 is 11.9. The molecule has 0 fully saturated rings. The summed E-state index contributed by atoms with van der Waals surface area (Å²) >= 11 is 3.32. The Bertz CT molecular complexity index is 640. The van der Waals surface area contributed by atoms with Gasteiger partial charge in [0.15, 0.2) is 17.3 Å². The lowest BCUT2D eigenvalue weighted by Gasteiger charge is -2.20. The van der Waals surface area contributed by atoms with Gasteiger partial charge in [-0.25, -0.2) is 0 Å². The number of pyridine rings is 1. The van der Waals surface area contributed by atoms with Crippen molar-refractivity contribution < 1.29 is 14.3 Å². The van der Waals surface area contributed by atoms with Crippen LogP contribution in [-0.2, 0) is 6.42 Å². The number of ketones is 1. The number of Topliss-reactive ketones (excluding diaryl/α,β-unsaturated/α-hetero) is 1. The van der Waals surface area contributed by atoms with Gasteiger partial charge in [0.05, 0.1) is 12.0 Å². The normalized spacial score (nSPS) is 13.1. The van der Waals surface area contributed by atoms with E-state index < -0.39 is 0 Å². The zero-order valence-corrected chi connectivity index (χ0v) is 12.2. The maximum atomic E-state index is 12.4. The minimum Gasteiger partial charge on any atom is -0.486 e. The number of carbonyl (C=O) groups excluding carboxylic acids is 1. The SMILES string of the molecule is O=C(Cc1ccc(Br)cn1)c1cccc2c1OCCO2. The van der Waals surface area contributed by atoms with Crippen molar-refractivity contribution in [2.45, 2.75) is 6.42 Å². The van der Waals surface area contributed by atoms with Crippen molar-refractivity contribution in [2.24, 2.45) is 0 Å². The van der Waals surface area contributed by atoms with Crippen LogP contribution < -0.4 is 9.47 Å². The van der Waals surface area contributed by atoms with E-state index in [1.807, 2.05) is 18.2 Å². The van der Waals surface area contributed by atoms with Crippen LogP contribution in [0.25, 0.3) is 0 Å². The van der Waals surface area contributed by atoms with Crippen molar-refractivity contribution in [3.8, 4) is 11.5 Å². The number of aromatic nitrogens is 1. The number of ether oxygens (including phenoxy) is 2. The maximum Gasteiger partial charge on any atom is 0.172 e. The van der Waals surface area contributed by atoms with E-state index in [9.17, 15) is 4.79 Å². The van der Waals surface area contributed by atoms with Crippen molar-refractivity contribution in [1.29, 1.82) is 0 Å². The summed E-state index contributed by atoms with van der Waals surface area (Å²) in [5, 5.41) is 0. The first-order chi connectivity index (χ1) is 9.74. The number of carbonyl (C=O) groups is 1. The van der Waals surface area contributed by atoms with Crippen molar-refractivity contribution in [3.05, 3.63) is 52.3 Å². The molecule has 20 heavy (non-hydrogen) atoms. The van der Waals surface area contributed by atoms with E-state index in [1.54, 1.807) is 18.3 Å². The van der Waals surface area contributed by atoms with Gasteiger partial charge in [-0.3, -0.25) is 9.78 Å². The number of nitrogens with zero attached hydrogens (tertiary/aromatic N) is 1. The highest BCUT2D eigenvalue weighted by Gasteiger charge is 2.20. The van der Waals surface area contributed by atoms with Gasteiger partial charge in [0.25, 0.3) is 0 Å². The van der Waals surface area contributed by atoms with Crippen LogP contribution in [0, 0.1) is 0 Å². The van der Waals surface area contributed by atoms with E-state index in [2.05, 4.69) is 20.9 Å². The lowest BCUT2D eigenvalue weighted by molar-refractivity contribution is 0.0980. The molecule has 0 N–H and O–H groups in total. The van der Waals surface area contributed by atoms with Gasteiger partial charge in [-0.1, -0.05) is 6.07 Å². The molecular weight excluding hydrogens is 322 g/mol. The van der Waals surface area contributed by atoms with Crippen LogP contribution in [0.15, 0.2) is 41.0 Å². The van der Waals surface area contributed by atoms with Gasteiger partial charge >= 0.3 is 0 Å². The predicted octanol–water partition coefficient (Wildman–Crippen LogP) is 3.04. The van der Waals surface area contributed by atoms with Crippen LogP contribution in [0.5, 0.6) is 11.5 Å². The van der Waals surface area contributed by atoms with Crippen LogP contribution in [0.1, 0.15) is 16.1 Å². The summed E-state index contributed by atoms with van der Waals surface area (Å²) in [6, 6.07) is 9.07. The smallest absolute Gasteiger partial charge is 0.172 e. The van der Waals surface area contributed by atoms with Crippen LogP contribution >= 0.6 is 15.9 Å². The predicted molar refractivity (Wildman–Crippen MR) is 77.4 cm³/mol. The number of fused-ring (bicyclic) bond motifs is 1. The molecule has 1 aromatic carbocycles. The Morgan fingerprint density at radius 2 is 2.05 bits per heavy atom. The summed E-state index contributed by atoms with van der Waals surface area (Å²) in [6.45, 7) is 0.979. The quantitative estimate of drug-likeness (QED) is 0.810. The van der Waals surface area contributed by atoms with Crippen LogP contribution in [0.2, 0.25) is 0 Å². The molecule has 0 amide bonds. The highest BCUT2D eigenvalue weighted by atomic mass is 79.9. The standard InChI is InChI=1S/C15H12BrNO3/c16-10-4-5-11(17-9-10)8-13(18)12-2-1-3-14-15(12)20-7-6-19-14/h1-5,9H,6-8H2. The molecule has 0 saturated carbocycles. The molecule has 0 unspecified atom stereocenters. The van der Waals surface area contributed by atoms with E-state index in [1.165, 1.54) is 0 Å². The number of para-hydroxylation sites is 1. The van der Waals surface area contributed by atoms with Gasteiger partial charge in [-0.2, -0.15) is 0 Å². The molecule has 1 aliphatic heterocycles. The highest BCUT2D eigenvalue weighted by Crippen LogP contribution is 2.34. The summed E-state index contributed by atoms with van der Waals surface area (Å²) in [4.78, 5) is 16.6. The lowest BCUT2D eigenvalue weighted by atomic mass is 10.0. The van der Waals surface area contributed by atoms with Gasteiger partial charge in [-0.15, -0.1) is 0 Å². The molecule has 0 bridgehead atoms. The van der Waals surface area contributed by atoms with E-state index in [4.69, 9.17) is 9.47 Å². The summed E-state index contributed by atoms with van der Waals surface area (Å²) in [5.74, 6) is 1.15. The van der Waals surface area contributed by atoms with Gasteiger partial charge < -0.3 is 9.47 Å². The third kappa shape index (κ3) is 2.67. The molecule has 1 aromatic heterocycles. The number of rotatable bonds is 3. The Morgan fingerprint density at radius 1 is 1.20 bits per heavy atom. The minimum absolute atomic E-state index is 0.0258. The molecule has 2 heterocycles. The summed E-state index contributed by atoms with van der Waals surface area (Å²) in [5.41, 5.74) is 1.28. The second kappa shape index (κ2) is 5.63. The second-order valence-electron chi connectivity index (χ2n) is 4.40. The zero-order chi connectivity index (χ0) is 13.9. The minimum atomic E-state index is -0.0258. The fourth-order valence-corrected chi connectivity index (χ4v) is 2.30. The van der Waals surface area contributed by atoms with Crippen molar-refractivity contribution in [1.82, 2.24) is 4.98 Å². The van der Waals surface area contributed by atoms with Gasteiger partial charge in [-0.05, 0) is 40.2 Å². The average molecular weight is 334 g/mol. The fourth-order valence-electron chi connectivity index (χ4n) is 2.06. The Balaban J connectivity index is 1.85. The molecule has 3 rings (SSSR count). The molecule has 4 nitrogen and oxygen atoms in total. The first kappa shape index (κ1) is 13.1. The number of benzene rings is 1. The molecule has 5 heteroatoms. The summed E-state index contributed by atoms with van der Waals surface area (Å²) in [7, 11) is 0. The van der Waals surface area contributed by atoms with E-state index >= 15 is 0 Å². The number of hydrogen-bond acceptors (Lipinski definition) is 4. The number of hydrogen-bond donors (Lipinski definition) is 0. The van der Waals surface area contributed by atoms with Crippen LogP contribution in [-0.4, -0.2) is 24.0 Å². The van der Waals surface area contributed by atoms with Crippen LogP contribution in [0.4, 0.5) is 0 Å². The number of halogens is 1. The molecule has 0 aliphatic carbocycles. The zero-order valence-electron chi connectivity index (χ0n) is 10.6. The highest BCUT2D eigenvalue weighted by molar-refractivity contribution is 9.10. The Hall–Kier alpha value is -1.88. The molecule has 1 aliphatic rings. The summed E-state index contributed by atoms with van der Waals surface area (Å²) in [6.07, 6.45) is 1.93. The Morgan fingerprint density at radius 3 is 2.85 bits per heavy atom. The molecule has 0 saturated heterocycles. The largest absolute Gasteiger partial charge is 0.486 e.